The van der Waals surface area contributed by atoms with Crippen LogP contribution < -0.4 is 0 Å². The van der Waals surface area contributed by atoms with Gasteiger partial charge in [-0.3, -0.25) is 5.10 Å². The van der Waals surface area contributed by atoms with Gasteiger partial charge in [-0.05, 0) is 0 Å². The number of aromatic amines is 1. The Hall–Kier alpha value is -0.950. The summed E-state index contributed by atoms with van der Waals surface area (Å²) in [7, 11) is -1.02. The first kappa shape index (κ1) is 9.14. The average molecular weight is 189 g/mol. The molecule has 68 valence electrons. The Morgan fingerprint density at radius 1 is 1.83 bits per heavy atom. The van der Waals surface area contributed by atoms with Crippen LogP contribution in [0.25, 0.3) is 0 Å². The van der Waals surface area contributed by atoms with Crippen molar-refractivity contribution < 1.29 is 4.21 Å². The zero-order chi connectivity index (χ0) is 9.19. The summed E-state index contributed by atoms with van der Waals surface area (Å²) in [5.74, 6) is 0.610. The van der Waals surface area contributed by atoms with Crippen molar-refractivity contribution in [3.8, 4) is 0 Å². The van der Waals surface area contributed by atoms with Crippen LogP contribution in [0.15, 0.2) is 6.33 Å². The van der Waals surface area contributed by atoms with Crippen LogP contribution in [-0.2, 0) is 16.5 Å². The molecule has 1 rings (SSSR count). The van der Waals surface area contributed by atoms with Crippen LogP contribution in [0.5, 0.6) is 0 Å². The van der Waals surface area contributed by atoms with Crippen LogP contribution in [0, 0.1) is 4.78 Å². The molecule has 1 aromatic rings. The third kappa shape index (κ3) is 2.28. The van der Waals surface area contributed by atoms with Crippen molar-refractivity contribution in [2.24, 2.45) is 0 Å². The van der Waals surface area contributed by atoms with E-state index in [1.165, 1.54) is 16.9 Å². The number of hydrogen-bond donors (Lipinski definition) is 2. The number of hydrogen-bond acceptors (Lipinski definition) is 4. The molecule has 0 aliphatic rings. The normalized spacial score (nSPS) is 16.2. The van der Waals surface area contributed by atoms with Crippen molar-refractivity contribution in [1.29, 1.82) is 4.78 Å². The van der Waals surface area contributed by atoms with Crippen LogP contribution in [-0.4, -0.2) is 37.0 Å². The van der Waals surface area contributed by atoms with E-state index in [0.29, 0.717) is 12.4 Å². The van der Waals surface area contributed by atoms with Gasteiger partial charge in [-0.15, -0.1) is 0 Å². The lowest BCUT2D eigenvalue weighted by molar-refractivity contribution is 0.499. The number of rotatable bonds is 3. The quantitative estimate of drug-likeness (QED) is 0.692. The number of H-pyrrole nitrogens is 1. The fourth-order valence-corrected chi connectivity index (χ4v) is 1.01. The Labute approximate surface area is 71.1 Å². The zero-order valence-electron chi connectivity index (χ0n) is 6.94. The molecular formula is C5H11N5OS. The van der Waals surface area contributed by atoms with Gasteiger partial charge in [0, 0.05) is 13.3 Å². The highest BCUT2D eigenvalue weighted by atomic mass is 32.2. The van der Waals surface area contributed by atoms with E-state index in [4.69, 9.17) is 4.78 Å². The van der Waals surface area contributed by atoms with E-state index in [1.807, 2.05) is 0 Å². The fourth-order valence-electron chi connectivity index (χ4n) is 0.641. The minimum Gasteiger partial charge on any atom is -0.262 e. The fraction of sp³-hybridized carbons (Fsp3) is 0.600. The van der Waals surface area contributed by atoms with Gasteiger partial charge in [0.2, 0.25) is 0 Å². The van der Waals surface area contributed by atoms with Crippen molar-refractivity contribution in [2.45, 2.75) is 6.54 Å². The molecule has 0 aliphatic heterocycles. The molecule has 6 nitrogen and oxygen atoms in total. The van der Waals surface area contributed by atoms with Gasteiger partial charge >= 0.3 is 0 Å². The second-order valence-electron chi connectivity index (χ2n) is 2.52. The van der Waals surface area contributed by atoms with E-state index in [9.17, 15) is 4.21 Å². The first-order valence-corrected chi connectivity index (χ1v) is 5.22. The molecule has 0 bridgehead atoms. The number of nitrogens with one attached hydrogen (secondary N) is 2. The van der Waals surface area contributed by atoms with Gasteiger partial charge in [-0.2, -0.15) is 5.10 Å². The second kappa shape index (κ2) is 3.20. The summed E-state index contributed by atoms with van der Waals surface area (Å²) in [6.45, 7) is 0.346. The average Bonchev–Trinajstić information content (AvgIpc) is 2.37. The molecule has 0 radical (unpaired) electrons. The van der Waals surface area contributed by atoms with Crippen LogP contribution in [0.1, 0.15) is 5.82 Å². The predicted octanol–water partition coefficient (Wildman–Crippen LogP) is -0.172. The standard InChI is InChI=1S/C5H11N5OS/c1-10(12(2,6)11)3-5-7-4-8-9-5/h4,6H,3H2,1-2H3,(H,7,8,9). The van der Waals surface area contributed by atoms with Gasteiger partial charge in [-0.1, -0.05) is 0 Å². The molecule has 1 heterocycles. The Morgan fingerprint density at radius 2 is 2.50 bits per heavy atom. The minimum atomic E-state index is -2.63. The van der Waals surface area contributed by atoms with Crippen molar-refractivity contribution in [3.63, 3.8) is 0 Å². The van der Waals surface area contributed by atoms with Crippen molar-refractivity contribution in [1.82, 2.24) is 19.5 Å². The topological polar surface area (TPSA) is 85.7 Å². The molecule has 0 saturated carbocycles. The maximum Gasteiger partial charge on any atom is 0.139 e. The molecule has 7 heteroatoms. The third-order valence-electron chi connectivity index (χ3n) is 1.43. The molecule has 0 saturated heterocycles. The molecule has 0 aliphatic carbocycles. The highest BCUT2D eigenvalue weighted by Gasteiger charge is 2.08. The van der Waals surface area contributed by atoms with Crippen LogP contribution in [0.4, 0.5) is 0 Å². The first-order valence-electron chi connectivity index (χ1n) is 3.29. The van der Waals surface area contributed by atoms with Crippen molar-refractivity contribution in [3.05, 3.63) is 12.2 Å². The van der Waals surface area contributed by atoms with Gasteiger partial charge < -0.3 is 0 Å². The largest absolute Gasteiger partial charge is 0.262 e. The Kier molecular flexibility index (Phi) is 2.43. The summed E-state index contributed by atoms with van der Waals surface area (Å²) in [5, 5.41) is 6.27. The van der Waals surface area contributed by atoms with E-state index in [1.54, 1.807) is 7.05 Å². The van der Waals surface area contributed by atoms with E-state index < -0.39 is 9.92 Å². The van der Waals surface area contributed by atoms with E-state index in [0.717, 1.165) is 0 Å². The lowest BCUT2D eigenvalue weighted by Gasteiger charge is -2.13. The molecular weight excluding hydrogens is 178 g/mol. The highest BCUT2D eigenvalue weighted by Crippen LogP contribution is 1.99. The van der Waals surface area contributed by atoms with E-state index >= 15 is 0 Å². The SMILES string of the molecule is CN(Cc1ncn[nH]1)S(C)(=N)=O. The molecule has 2 N–H and O–H groups in total. The Bertz CT molecular complexity index is 329. The highest BCUT2D eigenvalue weighted by molar-refractivity contribution is 7.89. The maximum atomic E-state index is 11.1. The van der Waals surface area contributed by atoms with E-state index in [2.05, 4.69) is 15.2 Å². The monoisotopic (exact) mass is 189 g/mol. The zero-order valence-corrected chi connectivity index (χ0v) is 7.76. The Balaban J connectivity index is 2.66. The molecule has 0 fully saturated rings. The molecule has 0 amide bonds. The van der Waals surface area contributed by atoms with Gasteiger partial charge in [0.1, 0.15) is 22.1 Å². The summed E-state index contributed by atoms with van der Waals surface area (Å²) < 4.78 is 19.8. The van der Waals surface area contributed by atoms with Crippen LogP contribution >= 0.6 is 0 Å². The predicted molar refractivity (Wildman–Crippen MR) is 44.6 cm³/mol. The Morgan fingerprint density at radius 3 is 2.92 bits per heavy atom. The van der Waals surface area contributed by atoms with E-state index in [-0.39, 0.29) is 0 Å². The molecule has 12 heavy (non-hydrogen) atoms. The minimum absolute atomic E-state index is 0.346. The van der Waals surface area contributed by atoms with Crippen LogP contribution in [0.3, 0.4) is 0 Å². The summed E-state index contributed by atoms with van der Waals surface area (Å²) in [4.78, 5) is 3.85. The summed E-state index contributed by atoms with van der Waals surface area (Å²) in [6.07, 6.45) is 2.74. The molecule has 0 aromatic carbocycles. The molecule has 0 spiro atoms. The smallest absolute Gasteiger partial charge is 0.139 e. The summed E-state index contributed by atoms with van der Waals surface area (Å²) in [5.41, 5.74) is 0. The van der Waals surface area contributed by atoms with Crippen molar-refractivity contribution in [2.75, 3.05) is 13.3 Å². The van der Waals surface area contributed by atoms with Gasteiger partial charge in [-0.25, -0.2) is 18.3 Å². The molecule has 1 aromatic heterocycles. The van der Waals surface area contributed by atoms with Crippen LogP contribution in [0.2, 0.25) is 0 Å². The molecule has 1 atom stereocenters. The first-order chi connectivity index (χ1) is 5.50. The maximum absolute atomic E-state index is 11.1. The second-order valence-corrected chi connectivity index (χ2v) is 4.75. The number of aromatic nitrogens is 3. The summed E-state index contributed by atoms with van der Waals surface area (Å²) >= 11 is 0. The molecule has 1 unspecified atom stereocenters. The lowest BCUT2D eigenvalue weighted by Crippen LogP contribution is -2.24. The van der Waals surface area contributed by atoms with Gasteiger partial charge in [0.25, 0.3) is 0 Å². The van der Waals surface area contributed by atoms with Crippen molar-refractivity contribution >= 4 is 9.92 Å². The number of nitrogens with zero attached hydrogens (tertiary/aromatic N) is 3. The summed E-state index contributed by atoms with van der Waals surface area (Å²) in [6, 6.07) is 0. The third-order valence-corrected chi connectivity index (χ3v) is 2.75. The van der Waals surface area contributed by atoms with Gasteiger partial charge in [0.15, 0.2) is 0 Å². The van der Waals surface area contributed by atoms with Gasteiger partial charge in [0.05, 0.1) is 6.54 Å². The lowest BCUT2D eigenvalue weighted by atomic mass is 10.6.